The number of ketones is 1. The summed E-state index contributed by atoms with van der Waals surface area (Å²) in [6.07, 6.45) is 3.95. The van der Waals surface area contributed by atoms with Crippen molar-refractivity contribution in [2.45, 2.75) is 43.0 Å². The second kappa shape index (κ2) is 10.9. The molecular formula is C34H26F3N3O4. The third-order valence-electron chi connectivity index (χ3n) is 8.25. The van der Waals surface area contributed by atoms with E-state index >= 15 is 0 Å². The number of benzene rings is 3. The van der Waals surface area contributed by atoms with Crippen molar-refractivity contribution in [1.82, 2.24) is 4.98 Å². The molecule has 3 aromatic carbocycles. The summed E-state index contributed by atoms with van der Waals surface area (Å²) in [5, 5.41) is 0.599. The minimum Gasteiger partial charge on any atom is -0.445 e. The van der Waals surface area contributed by atoms with Crippen LogP contribution in [0.2, 0.25) is 0 Å². The molecule has 1 amide bonds. The summed E-state index contributed by atoms with van der Waals surface area (Å²) < 4.78 is 45.0. The van der Waals surface area contributed by atoms with E-state index < -0.39 is 34.8 Å². The highest BCUT2D eigenvalue weighted by Crippen LogP contribution is 2.39. The molecule has 1 aliphatic carbocycles. The molecule has 6 rings (SSSR count). The van der Waals surface area contributed by atoms with E-state index in [2.05, 4.69) is 9.98 Å². The fraction of sp³-hybridized carbons (Fsp3) is 0.206. The van der Waals surface area contributed by atoms with Gasteiger partial charge in [-0.05, 0) is 78.8 Å². The summed E-state index contributed by atoms with van der Waals surface area (Å²) in [6.45, 7) is 0. The molecule has 0 spiro atoms. The number of primary amides is 1. The molecule has 1 saturated carbocycles. The number of carbonyl (C=O) groups excluding carboxylic acids is 3. The number of aromatic nitrogens is 1. The fourth-order valence-electron chi connectivity index (χ4n) is 5.85. The maximum atomic E-state index is 14.3. The zero-order valence-corrected chi connectivity index (χ0v) is 23.3. The van der Waals surface area contributed by atoms with Gasteiger partial charge in [-0.25, -0.2) is 4.79 Å². The molecule has 44 heavy (non-hydrogen) atoms. The quantitative estimate of drug-likeness (QED) is 0.191. The summed E-state index contributed by atoms with van der Waals surface area (Å²) in [5.41, 5.74) is 4.40. The number of allylic oxidation sites excluding steroid dienone is 1. The average molecular weight is 598 g/mol. The van der Waals surface area contributed by atoms with Crippen molar-refractivity contribution in [2.75, 3.05) is 0 Å². The minimum absolute atomic E-state index is 0.160. The van der Waals surface area contributed by atoms with Crippen molar-refractivity contribution in [3.63, 3.8) is 0 Å². The largest absolute Gasteiger partial charge is 0.445 e. The Labute approximate surface area is 250 Å². The number of rotatable bonds is 7. The molecule has 0 bridgehead atoms. The number of halogens is 3. The minimum atomic E-state index is -4.48. The molecule has 2 aliphatic rings. The van der Waals surface area contributed by atoms with Gasteiger partial charge < -0.3 is 10.5 Å². The van der Waals surface area contributed by atoms with Crippen LogP contribution in [0.25, 0.3) is 22.0 Å². The number of nitrogens with zero attached hydrogens (tertiary/aromatic N) is 2. The van der Waals surface area contributed by atoms with Crippen LogP contribution in [0, 0.1) is 0 Å². The van der Waals surface area contributed by atoms with E-state index in [1.54, 1.807) is 60.7 Å². The van der Waals surface area contributed by atoms with Gasteiger partial charge in [-0.2, -0.15) is 13.2 Å². The van der Waals surface area contributed by atoms with E-state index in [1.807, 2.05) is 0 Å². The lowest BCUT2D eigenvalue weighted by atomic mass is 9.81. The number of ether oxygens (including phenoxy) is 1. The number of fused-ring (bicyclic) bond motifs is 1. The number of amides is 1. The Morgan fingerprint density at radius 3 is 2.30 bits per heavy atom. The van der Waals surface area contributed by atoms with E-state index in [-0.39, 0.29) is 16.9 Å². The number of nitrogens with two attached hydrogens (primary N) is 1. The number of alkyl halides is 3. The first-order chi connectivity index (χ1) is 21.0. The Hall–Kier alpha value is -5.12. The summed E-state index contributed by atoms with van der Waals surface area (Å²) >= 11 is 0. The molecule has 0 saturated heterocycles. The van der Waals surface area contributed by atoms with Crippen molar-refractivity contribution >= 4 is 34.8 Å². The second-order valence-corrected chi connectivity index (χ2v) is 10.9. The van der Waals surface area contributed by atoms with Crippen LogP contribution < -0.4 is 5.73 Å². The third-order valence-corrected chi connectivity index (χ3v) is 8.25. The predicted molar refractivity (Wildman–Crippen MR) is 158 cm³/mol. The Kier molecular flexibility index (Phi) is 7.15. The average Bonchev–Trinajstić information content (AvgIpc) is 3.72. The monoisotopic (exact) mass is 597 g/mol. The lowest BCUT2D eigenvalue weighted by molar-refractivity contribution is -0.137. The molecule has 1 aromatic heterocycles. The Balaban J connectivity index is 1.33. The maximum Gasteiger partial charge on any atom is 0.416 e. The van der Waals surface area contributed by atoms with Crippen LogP contribution >= 0.6 is 0 Å². The number of pyridine rings is 1. The summed E-state index contributed by atoms with van der Waals surface area (Å²) in [4.78, 5) is 48.2. The number of aliphatic imine (C=N–C) groups is 1. The van der Waals surface area contributed by atoms with Gasteiger partial charge in [0.1, 0.15) is 0 Å². The first kappa shape index (κ1) is 29.0. The van der Waals surface area contributed by atoms with Crippen LogP contribution in [0.1, 0.15) is 57.5 Å². The Morgan fingerprint density at radius 2 is 1.64 bits per heavy atom. The Bertz CT molecular complexity index is 1840. The number of carbonyl (C=O) groups is 3. The van der Waals surface area contributed by atoms with E-state index in [4.69, 9.17) is 10.5 Å². The summed E-state index contributed by atoms with van der Waals surface area (Å²) in [6, 6.07) is 18.1. The fourth-order valence-corrected chi connectivity index (χ4v) is 5.85. The van der Waals surface area contributed by atoms with Crippen LogP contribution in [0.15, 0.2) is 96.1 Å². The first-order valence-corrected chi connectivity index (χ1v) is 14.0. The zero-order valence-electron chi connectivity index (χ0n) is 23.3. The molecule has 4 aromatic rings. The zero-order chi connectivity index (χ0) is 31.1. The van der Waals surface area contributed by atoms with Crippen LogP contribution in [-0.4, -0.2) is 34.5 Å². The van der Waals surface area contributed by atoms with Crippen molar-refractivity contribution in [1.29, 1.82) is 0 Å². The van der Waals surface area contributed by atoms with Gasteiger partial charge in [-0.3, -0.25) is 19.6 Å². The van der Waals surface area contributed by atoms with Crippen molar-refractivity contribution in [3.05, 3.63) is 113 Å². The molecule has 1 fully saturated rings. The molecule has 7 nitrogen and oxygen atoms in total. The van der Waals surface area contributed by atoms with Gasteiger partial charge in [0.2, 0.25) is 0 Å². The van der Waals surface area contributed by atoms with Gasteiger partial charge in [0.05, 0.1) is 16.6 Å². The number of esters is 1. The van der Waals surface area contributed by atoms with E-state index in [0.29, 0.717) is 40.4 Å². The van der Waals surface area contributed by atoms with Crippen LogP contribution in [0.4, 0.5) is 13.2 Å². The SMILES string of the molecule is NC(=O)C1(OC(=O)c2cnc3cc(C4(C(=O)c5ccccc5-c5ccc(C(F)(F)F)cc5)C=CC=N4)ccc3c2)CCCC1. The topological polar surface area (TPSA) is 112 Å². The molecule has 1 aliphatic heterocycles. The van der Waals surface area contributed by atoms with Crippen molar-refractivity contribution < 1.29 is 32.3 Å². The van der Waals surface area contributed by atoms with Gasteiger partial charge in [0.25, 0.3) is 5.91 Å². The molecule has 0 radical (unpaired) electrons. The normalized spacial score (nSPS) is 18.9. The molecule has 1 atom stereocenters. The molecule has 1 unspecified atom stereocenters. The number of hydrogen-bond acceptors (Lipinski definition) is 6. The first-order valence-electron chi connectivity index (χ1n) is 14.0. The number of hydrogen-bond donors (Lipinski definition) is 1. The third kappa shape index (κ3) is 5.06. The van der Waals surface area contributed by atoms with Gasteiger partial charge >= 0.3 is 12.1 Å². The maximum absolute atomic E-state index is 14.3. The lowest BCUT2D eigenvalue weighted by Gasteiger charge is -2.26. The molecule has 2 N–H and O–H groups in total. The van der Waals surface area contributed by atoms with E-state index in [9.17, 15) is 27.6 Å². The van der Waals surface area contributed by atoms with Gasteiger partial charge in [-0.1, -0.05) is 48.5 Å². The lowest BCUT2D eigenvalue weighted by Crippen LogP contribution is -2.45. The molecule has 2 heterocycles. The second-order valence-electron chi connectivity index (χ2n) is 10.9. The highest BCUT2D eigenvalue weighted by molar-refractivity contribution is 6.12. The van der Waals surface area contributed by atoms with Crippen molar-refractivity contribution in [2.24, 2.45) is 10.7 Å². The number of Topliss-reactive ketones (excluding diaryl/α,β-unsaturated/α-hetero) is 1. The molecule has 222 valence electrons. The summed E-state index contributed by atoms with van der Waals surface area (Å²) in [7, 11) is 0. The van der Waals surface area contributed by atoms with Crippen LogP contribution in [-0.2, 0) is 21.2 Å². The highest BCUT2D eigenvalue weighted by atomic mass is 19.4. The van der Waals surface area contributed by atoms with Gasteiger partial charge in [-0.15, -0.1) is 0 Å². The van der Waals surface area contributed by atoms with E-state index in [1.165, 1.54) is 24.5 Å². The predicted octanol–water partition coefficient (Wildman–Crippen LogP) is 6.59. The van der Waals surface area contributed by atoms with Crippen LogP contribution in [0.5, 0.6) is 0 Å². The van der Waals surface area contributed by atoms with Crippen LogP contribution in [0.3, 0.4) is 0 Å². The van der Waals surface area contributed by atoms with Gasteiger partial charge in [0.15, 0.2) is 16.9 Å². The van der Waals surface area contributed by atoms with Crippen molar-refractivity contribution in [3.8, 4) is 11.1 Å². The Morgan fingerprint density at radius 1 is 0.909 bits per heavy atom. The smallest absolute Gasteiger partial charge is 0.416 e. The molecule has 10 heteroatoms. The molecular weight excluding hydrogens is 571 g/mol. The standard InChI is InChI=1S/C34H26F3N3O4/c35-34(36,37)24-11-8-21(9-12-24)26-6-1-2-7-27(26)29(41)33(16-5-17-40-33)25-13-10-22-18-23(20-39-28(22)19-25)30(42)44-32(31(38)43)14-3-4-15-32/h1-2,5-13,16-20H,3-4,14-15H2,(H2,38,43). The van der Waals surface area contributed by atoms with Gasteiger partial charge in [0, 0.05) is 23.4 Å². The summed E-state index contributed by atoms with van der Waals surface area (Å²) in [5.74, 6) is -1.73. The highest BCUT2D eigenvalue weighted by Gasteiger charge is 2.44. The van der Waals surface area contributed by atoms with E-state index in [0.717, 1.165) is 25.0 Å².